The molecule has 4 rings (SSSR count). The predicted octanol–water partition coefficient (Wildman–Crippen LogP) is 5.14. The Morgan fingerprint density at radius 1 is 1.11 bits per heavy atom. The van der Waals surface area contributed by atoms with Gasteiger partial charge in [0.2, 0.25) is 0 Å². The zero-order valence-electron chi connectivity index (χ0n) is 22.1. The van der Waals surface area contributed by atoms with Gasteiger partial charge in [0.15, 0.2) is 5.82 Å². The van der Waals surface area contributed by atoms with Gasteiger partial charge in [-0.3, -0.25) is 4.98 Å². The number of nitrogens with one attached hydrogen (secondary N) is 1. The van der Waals surface area contributed by atoms with Crippen LogP contribution in [0.25, 0.3) is 22.5 Å². The second-order valence-corrected chi connectivity index (χ2v) is 16.2. The van der Waals surface area contributed by atoms with Gasteiger partial charge in [0, 0.05) is 49.8 Å². The van der Waals surface area contributed by atoms with Crippen LogP contribution in [0, 0.1) is 0 Å². The normalized spacial score (nSPS) is 14.4. The predicted molar refractivity (Wildman–Crippen MR) is 143 cm³/mol. The Hall–Kier alpha value is -3.31. The average molecular weight is 525 g/mol. The summed E-state index contributed by atoms with van der Waals surface area (Å²) in [6, 6.07) is 8.45. The van der Waals surface area contributed by atoms with Crippen molar-refractivity contribution in [3.8, 4) is 34.0 Å². The average Bonchev–Trinajstić information content (AvgIpc) is 3.35. The van der Waals surface area contributed by atoms with E-state index in [2.05, 4.69) is 45.5 Å². The first-order valence-corrected chi connectivity index (χ1v) is 16.5. The van der Waals surface area contributed by atoms with Crippen LogP contribution in [0.5, 0.6) is 11.5 Å². The molecule has 1 aliphatic rings. The first-order chi connectivity index (χ1) is 17.8. The van der Waals surface area contributed by atoms with Crippen molar-refractivity contribution in [1.82, 2.24) is 30.5 Å². The maximum Gasteiger partial charge on any atom is 0.412 e. The van der Waals surface area contributed by atoms with Crippen LogP contribution in [-0.2, 0) is 11.5 Å². The third kappa shape index (κ3) is 7.59. The van der Waals surface area contributed by atoms with Gasteiger partial charge in [0.05, 0.1) is 7.11 Å². The number of benzene rings is 1. The lowest BCUT2D eigenvalue weighted by Crippen LogP contribution is -2.37. The molecule has 0 atom stereocenters. The van der Waals surface area contributed by atoms with Gasteiger partial charge >= 0.3 is 6.09 Å². The highest BCUT2D eigenvalue weighted by molar-refractivity contribution is 6.76. The summed E-state index contributed by atoms with van der Waals surface area (Å²) in [6.07, 6.45) is 8.46. The number of carbonyl (C=O) groups excluding carboxylic acids is 1. The van der Waals surface area contributed by atoms with Gasteiger partial charge in [-0.15, -0.1) is 5.10 Å². The highest BCUT2D eigenvalue weighted by Gasteiger charge is 2.18. The second kappa shape index (κ2) is 12.3. The molecule has 0 unspecified atom stereocenters. The quantitative estimate of drug-likeness (QED) is 0.286. The molecule has 1 amide bonds. The molecular weight excluding hydrogens is 488 g/mol. The maximum atomic E-state index is 12.5. The third-order valence-electron chi connectivity index (χ3n) is 6.36. The van der Waals surface area contributed by atoms with Crippen LogP contribution >= 0.6 is 0 Å². The molecule has 3 aromatic rings. The Kier molecular flexibility index (Phi) is 8.88. The van der Waals surface area contributed by atoms with E-state index in [0.717, 1.165) is 48.4 Å². The number of aromatic nitrogens is 5. The van der Waals surface area contributed by atoms with Gasteiger partial charge in [-0.2, -0.15) is 4.68 Å². The van der Waals surface area contributed by atoms with Crippen LogP contribution in [0.4, 0.5) is 4.79 Å². The van der Waals surface area contributed by atoms with Gasteiger partial charge in [0.1, 0.15) is 18.2 Å². The highest BCUT2D eigenvalue weighted by Crippen LogP contribution is 2.34. The lowest BCUT2D eigenvalue weighted by Gasteiger charge is -2.22. The number of ether oxygens (including phenoxy) is 3. The molecule has 0 spiro atoms. The minimum absolute atomic E-state index is 0.172. The van der Waals surface area contributed by atoms with E-state index in [1.807, 2.05) is 6.07 Å². The fraction of sp³-hybridized carbons (Fsp3) is 0.500. The fourth-order valence-corrected chi connectivity index (χ4v) is 5.02. The molecule has 1 aromatic carbocycles. The van der Waals surface area contributed by atoms with Gasteiger partial charge in [-0.05, 0) is 53.6 Å². The highest BCUT2D eigenvalue weighted by atomic mass is 28.3. The standard InChI is InChI=1S/C26H36N6O4Si/c1-34-24-11-10-22(36-26(33)28-21-8-6-5-7-9-21)15-23(24)19-14-20(17-27-16-19)25-29-30-31-32(25)18-35-12-13-37(2,3)4/h10-11,14-17,21H,5-9,12-13,18H2,1-4H3,(H,28,33). The summed E-state index contributed by atoms with van der Waals surface area (Å²) >= 11 is 0. The molecule has 2 heterocycles. The molecule has 2 aromatic heterocycles. The van der Waals surface area contributed by atoms with Crippen molar-refractivity contribution >= 4 is 14.2 Å². The monoisotopic (exact) mass is 524 g/mol. The van der Waals surface area contributed by atoms with E-state index in [-0.39, 0.29) is 12.8 Å². The van der Waals surface area contributed by atoms with Crippen molar-refractivity contribution in [1.29, 1.82) is 0 Å². The number of rotatable bonds is 10. The lowest BCUT2D eigenvalue weighted by molar-refractivity contribution is 0.0784. The van der Waals surface area contributed by atoms with Crippen LogP contribution in [0.15, 0.2) is 36.7 Å². The van der Waals surface area contributed by atoms with Crippen LogP contribution in [0.2, 0.25) is 25.7 Å². The Bertz CT molecular complexity index is 1190. The number of methoxy groups -OCH3 is 1. The number of hydrogen-bond acceptors (Lipinski definition) is 8. The Labute approximate surface area is 218 Å². The van der Waals surface area contributed by atoms with E-state index in [0.29, 0.717) is 23.9 Å². The summed E-state index contributed by atoms with van der Waals surface area (Å²) in [4.78, 5) is 16.9. The Morgan fingerprint density at radius 3 is 2.65 bits per heavy atom. The van der Waals surface area contributed by atoms with Crippen molar-refractivity contribution in [3.63, 3.8) is 0 Å². The molecule has 0 bridgehead atoms. The van der Waals surface area contributed by atoms with E-state index in [1.54, 1.807) is 42.4 Å². The van der Waals surface area contributed by atoms with Crippen LogP contribution < -0.4 is 14.8 Å². The maximum absolute atomic E-state index is 12.5. The molecule has 1 fully saturated rings. The second-order valence-electron chi connectivity index (χ2n) is 10.5. The van der Waals surface area contributed by atoms with Gasteiger partial charge in [0.25, 0.3) is 0 Å². The fourth-order valence-electron chi connectivity index (χ4n) is 4.26. The van der Waals surface area contributed by atoms with Gasteiger partial charge in [-0.25, -0.2) is 4.79 Å². The van der Waals surface area contributed by atoms with Crippen LogP contribution in [-0.4, -0.2) is 59.1 Å². The smallest absolute Gasteiger partial charge is 0.412 e. The molecule has 1 saturated carbocycles. The Morgan fingerprint density at radius 2 is 1.89 bits per heavy atom. The first kappa shape index (κ1) is 26.7. The van der Waals surface area contributed by atoms with Crippen molar-refractivity contribution < 1.29 is 19.0 Å². The summed E-state index contributed by atoms with van der Waals surface area (Å²) < 4.78 is 18.6. The molecular formula is C26H36N6O4Si. The van der Waals surface area contributed by atoms with Gasteiger partial charge < -0.3 is 19.5 Å². The van der Waals surface area contributed by atoms with E-state index in [4.69, 9.17) is 14.2 Å². The topological polar surface area (TPSA) is 113 Å². The van der Waals surface area contributed by atoms with Crippen molar-refractivity contribution in [2.75, 3.05) is 13.7 Å². The lowest BCUT2D eigenvalue weighted by atomic mass is 9.96. The summed E-state index contributed by atoms with van der Waals surface area (Å²) in [6.45, 7) is 7.87. The van der Waals surface area contributed by atoms with Crippen molar-refractivity contribution in [2.24, 2.45) is 0 Å². The first-order valence-electron chi connectivity index (χ1n) is 12.8. The number of carbonyl (C=O) groups is 1. The summed E-state index contributed by atoms with van der Waals surface area (Å²) in [5, 5.41) is 15.1. The van der Waals surface area contributed by atoms with E-state index in [9.17, 15) is 4.79 Å². The number of hydrogen-bond donors (Lipinski definition) is 1. The zero-order valence-corrected chi connectivity index (χ0v) is 23.1. The molecule has 0 radical (unpaired) electrons. The van der Waals surface area contributed by atoms with E-state index < -0.39 is 14.2 Å². The van der Waals surface area contributed by atoms with Crippen LogP contribution in [0.3, 0.4) is 0 Å². The molecule has 1 N–H and O–H groups in total. The minimum atomic E-state index is -1.18. The number of amides is 1. The molecule has 198 valence electrons. The van der Waals surface area contributed by atoms with Crippen LogP contribution in [0.1, 0.15) is 32.1 Å². The van der Waals surface area contributed by atoms with E-state index >= 15 is 0 Å². The summed E-state index contributed by atoms with van der Waals surface area (Å²) in [5.74, 6) is 1.61. The molecule has 0 saturated heterocycles. The largest absolute Gasteiger partial charge is 0.496 e. The van der Waals surface area contributed by atoms with E-state index in [1.165, 1.54) is 6.42 Å². The number of nitrogens with zero attached hydrogens (tertiary/aromatic N) is 5. The molecule has 11 heteroatoms. The number of tetrazole rings is 1. The number of pyridine rings is 1. The third-order valence-corrected chi connectivity index (χ3v) is 8.06. The summed E-state index contributed by atoms with van der Waals surface area (Å²) in [5.41, 5.74) is 2.26. The molecule has 37 heavy (non-hydrogen) atoms. The Balaban J connectivity index is 1.49. The molecule has 10 nitrogen and oxygen atoms in total. The molecule has 0 aliphatic heterocycles. The summed E-state index contributed by atoms with van der Waals surface area (Å²) in [7, 11) is 0.421. The SMILES string of the molecule is COc1ccc(OC(=O)NC2CCCCC2)cc1-c1cncc(-c2nnnn2COCC[Si](C)(C)C)c1. The van der Waals surface area contributed by atoms with Crippen molar-refractivity contribution in [2.45, 2.75) is 70.6 Å². The minimum Gasteiger partial charge on any atom is -0.496 e. The zero-order chi connectivity index (χ0) is 26.3. The molecule has 1 aliphatic carbocycles. The van der Waals surface area contributed by atoms with Gasteiger partial charge in [-0.1, -0.05) is 38.9 Å². The van der Waals surface area contributed by atoms with Crippen molar-refractivity contribution in [3.05, 3.63) is 36.7 Å².